The molecule has 0 aromatic rings. The molecule has 0 spiro atoms. The van der Waals surface area contributed by atoms with Crippen molar-refractivity contribution in [2.75, 3.05) is 0 Å². The molecule has 0 saturated heterocycles. The summed E-state index contributed by atoms with van der Waals surface area (Å²) in [5, 5.41) is 0. The van der Waals surface area contributed by atoms with Crippen LogP contribution in [0, 0.1) is 11.8 Å². The van der Waals surface area contributed by atoms with Crippen LogP contribution in [0.3, 0.4) is 0 Å². The fraction of sp³-hybridized carbons (Fsp3) is 0.714. The van der Waals surface area contributed by atoms with Crippen molar-refractivity contribution >= 4 is 12.2 Å². The number of hydrogen-bond donors (Lipinski definition) is 1. The molecule has 0 aromatic carbocycles. The summed E-state index contributed by atoms with van der Waals surface area (Å²) in [6, 6.07) is 0. The second-order valence-corrected chi connectivity index (χ2v) is 2.56. The SMILES string of the molecule is CC([C]=O)CC(C)C(N)=O. The van der Waals surface area contributed by atoms with E-state index >= 15 is 0 Å². The van der Waals surface area contributed by atoms with E-state index in [1.807, 2.05) is 0 Å². The van der Waals surface area contributed by atoms with Crippen LogP contribution in [0.1, 0.15) is 20.3 Å². The molecule has 0 bridgehead atoms. The Morgan fingerprint density at radius 1 is 1.60 bits per heavy atom. The van der Waals surface area contributed by atoms with Crippen LogP contribution >= 0.6 is 0 Å². The molecule has 10 heavy (non-hydrogen) atoms. The first-order chi connectivity index (χ1) is 4.57. The lowest BCUT2D eigenvalue weighted by atomic mass is 9.98. The fourth-order valence-corrected chi connectivity index (χ4v) is 0.695. The molecule has 0 fully saturated rings. The molecule has 0 aliphatic rings. The Balaban J connectivity index is 3.67. The van der Waals surface area contributed by atoms with Crippen molar-refractivity contribution < 1.29 is 9.59 Å². The maximum atomic E-state index is 10.4. The summed E-state index contributed by atoms with van der Waals surface area (Å²) in [6.45, 7) is 3.42. The van der Waals surface area contributed by atoms with Gasteiger partial charge in [0.15, 0.2) is 0 Å². The van der Waals surface area contributed by atoms with Gasteiger partial charge in [-0.3, -0.25) is 9.59 Å². The molecule has 3 heteroatoms. The Bertz CT molecular complexity index is 134. The molecule has 0 rings (SSSR count). The number of carbonyl (C=O) groups excluding carboxylic acids is 2. The molecule has 1 amide bonds. The van der Waals surface area contributed by atoms with Crippen LogP contribution in [0.4, 0.5) is 0 Å². The smallest absolute Gasteiger partial charge is 0.220 e. The van der Waals surface area contributed by atoms with Gasteiger partial charge in [0.1, 0.15) is 0 Å². The molecule has 57 valence electrons. The molecular weight excluding hydrogens is 130 g/mol. The number of primary amides is 1. The van der Waals surface area contributed by atoms with Gasteiger partial charge in [-0.15, -0.1) is 0 Å². The molecule has 1 radical (unpaired) electrons. The first-order valence-electron chi connectivity index (χ1n) is 3.25. The summed E-state index contributed by atoms with van der Waals surface area (Å²) < 4.78 is 0. The minimum Gasteiger partial charge on any atom is -0.369 e. The summed E-state index contributed by atoms with van der Waals surface area (Å²) in [5.74, 6) is -0.777. The third kappa shape index (κ3) is 3.22. The zero-order valence-electron chi connectivity index (χ0n) is 6.26. The lowest BCUT2D eigenvalue weighted by Crippen LogP contribution is -2.22. The highest BCUT2D eigenvalue weighted by atomic mass is 16.1. The summed E-state index contributed by atoms with van der Waals surface area (Å²) in [6.07, 6.45) is 2.29. The fourth-order valence-electron chi connectivity index (χ4n) is 0.695. The van der Waals surface area contributed by atoms with Crippen molar-refractivity contribution in [2.45, 2.75) is 20.3 Å². The maximum Gasteiger partial charge on any atom is 0.220 e. The van der Waals surface area contributed by atoms with E-state index in [4.69, 9.17) is 5.73 Å². The second kappa shape index (κ2) is 4.04. The molecule has 0 saturated carbocycles. The van der Waals surface area contributed by atoms with Crippen molar-refractivity contribution in [2.24, 2.45) is 17.6 Å². The van der Waals surface area contributed by atoms with Gasteiger partial charge in [0.2, 0.25) is 12.2 Å². The lowest BCUT2D eigenvalue weighted by Gasteiger charge is -2.06. The van der Waals surface area contributed by atoms with E-state index < -0.39 is 0 Å². The van der Waals surface area contributed by atoms with Gasteiger partial charge in [-0.2, -0.15) is 0 Å². The van der Waals surface area contributed by atoms with Crippen LogP contribution in [-0.4, -0.2) is 12.2 Å². The topological polar surface area (TPSA) is 60.2 Å². The number of nitrogens with two attached hydrogens (primary N) is 1. The monoisotopic (exact) mass is 142 g/mol. The van der Waals surface area contributed by atoms with E-state index in [2.05, 4.69) is 0 Å². The highest BCUT2D eigenvalue weighted by Gasteiger charge is 2.12. The Morgan fingerprint density at radius 2 is 2.10 bits per heavy atom. The first-order valence-corrected chi connectivity index (χ1v) is 3.25. The second-order valence-electron chi connectivity index (χ2n) is 2.56. The van der Waals surface area contributed by atoms with Gasteiger partial charge < -0.3 is 5.73 Å². The van der Waals surface area contributed by atoms with E-state index in [1.54, 1.807) is 20.1 Å². The molecular formula is C7H12NO2. The minimum atomic E-state index is -0.359. The predicted octanol–water partition coefficient (Wildman–Crippen LogP) is 0.244. The Hall–Kier alpha value is -0.860. The van der Waals surface area contributed by atoms with Gasteiger partial charge in [0, 0.05) is 11.8 Å². The Morgan fingerprint density at radius 3 is 2.40 bits per heavy atom. The van der Waals surface area contributed by atoms with Crippen molar-refractivity contribution in [1.29, 1.82) is 0 Å². The van der Waals surface area contributed by atoms with Crippen molar-refractivity contribution in [3.05, 3.63) is 0 Å². The highest BCUT2D eigenvalue weighted by Crippen LogP contribution is 2.08. The molecule has 2 N–H and O–H groups in total. The molecule has 3 nitrogen and oxygen atoms in total. The van der Waals surface area contributed by atoms with Gasteiger partial charge in [0.25, 0.3) is 0 Å². The number of rotatable bonds is 4. The van der Waals surface area contributed by atoms with Crippen molar-refractivity contribution in [3.63, 3.8) is 0 Å². The summed E-state index contributed by atoms with van der Waals surface area (Å²) in [7, 11) is 0. The third-order valence-electron chi connectivity index (χ3n) is 1.39. The minimum absolute atomic E-state index is 0.192. The van der Waals surface area contributed by atoms with Crippen LogP contribution in [0.2, 0.25) is 0 Å². The highest BCUT2D eigenvalue weighted by molar-refractivity contribution is 5.76. The zero-order chi connectivity index (χ0) is 8.15. The largest absolute Gasteiger partial charge is 0.369 e. The van der Waals surface area contributed by atoms with Crippen LogP contribution in [0.5, 0.6) is 0 Å². The quantitative estimate of drug-likeness (QED) is 0.611. The summed E-state index contributed by atoms with van der Waals surface area (Å²) in [4.78, 5) is 20.4. The van der Waals surface area contributed by atoms with Crippen LogP contribution in [0.25, 0.3) is 0 Å². The van der Waals surface area contributed by atoms with E-state index in [1.165, 1.54) is 0 Å². The molecule has 2 unspecified atom stereocenters. The van der Waals surface area contributed by atoms with Crippen LogP contribution < -0.4 is 5.73 Å². The number of amides is 1. The first kappa shape index (κ1) is 9.14. The van der Waals surface area contributed by atoms with Gasteiger partial charge >= 0.3 is 0 Å². The average Bonchev–Trinajstić information content (AvgIpc) is 1.87. The maximum absolute atomic E-state index is 10.4. The van der Waals surface area contributed by atoms with Gasteiger partial charge in [0.05, 0.1) is 0 Å². The van der Waals surface area contributed by atoms with Crippen LogP contribution in [0.15, 0.2) is 0 Å². The molecule has 2 atom stereocenters. The van der Waals surface area contributed by atoms with Crippen molar-refractivity contribution in [3.8, 4) is 0 Å². The molecule has 0 aromatic heterocycles. The predicted molar refractivity (Wildman–Crippen MR) is 37.8 cm³/mol. The normalized spacial score (nSPS) is 15.8. The van der Waals surface area contributed by atoms with Crippen molar-refractivity contribution in [1.82, 2.24) is 0 Å². The van der Waals surface area contributed by atoms with Gasteiger partial charge in [-0.25, -0.2) is 0 Å². The van der Waals surface area contributed by atoms with E-state index in [-0.39, 0.29) is 17.7 Å². The van der Waals surface area contributed by atoms with Gasteiger partial charge in [-0.1, -0.05) is 13.8 Å². The van der Waals surface area contributed by atoms with E-state index in [0.717, 1.165) is 0 Å². The van der Waals surface area contributed by atoms with E-state index in [9.17, 15) is 9.59 Å². The number of carbonyl (C=O) groups is 1. The average molecular weight is 142 g/mol. The number of hydrogen-bond acceptors (Lipinski definition) is 2. The molecule has 0 heterocycles. The summed E-state index contributed by atoms with van der Waals surface area (Å²) in [5.41, 5.74) is 4.97. The Labute approximate surface area is 60.6 Å². The lowest BCUT2D eigenvalue weighted by molar-refractivity contribution is -0.121. The molecule has 0 aliphatic heterocycles. The molecule has 0 aliphatic carbocycles. The Kier molecular flexibility index (Phi) is 3.69. The zero-order valence-corrected chi connectivity index (χ0v) is 6.26. The standard InChI is InChI=1S/C7H12NO2/c1-5(4-9)3-6(2)7(8)10/h5-6H,3H2,1-2H3,(H2,8,10). The summed E-state index contributed by atoms with van der Waals surface area (Å²) >= 11 is 0. The van der Waals surface area contributed by atoms with Gasteiger partial charge in [-0.05, 0) is 6.42 Å². The van der Waals surface area contributed by atoms with E-state index in [0.29, 0.717) is 6.42 Å². The third-order valence-corrected chi connectivity index (χ3v) is 1.39. The van der Waals surface area contributed by atoms with Crippen LogP contribution in [-0.2, 0) is 9.59 Å².